The Balaban J connectivity index is 0.000000401. The summed E-state index contributed by atoms with van der Waals surface area (Å²) >= 11 is 1.35. The molecule has 0 bridgehead atoms. The van der Waals surface area contributed by atoms with Gasteiger partial charge in [-0.15, -0.1) is 10.2 Å². The van der Waals surface area contributed by atoms with Crippen LogP contribution in [0, 0.1) is 6.92 Å². The van der Waals surface area contributed by atoms with Crippen molar-refractivity contribution in [2.24, 2.45) is 0 Å². The minimum absolute atomic E-state index is 0.111. The van der Waals surface area contributed by atoms with E-state index in [1.165, 1.54) is 11.3 Å². The first-order chi connectivity index (χ1) is 14.8. The fourth-order valence-corrected chi connectivity index (χ4v) is 3.09. The molecule has 0 spiro atoms. The van der Waals surface area contributed by atoms with E-state index in [0.717, 1.165) is 5.01 Å². The van der Waals surface area contributed by atoms with Crippen LogP contribution in [0.15, 0.2) is 23.1 Å². The zero-order valence-electron chi connectivity index (χ0n) is 16.0. The van der Waals surface area contributed by atoms with Crippen molar-refractivity contribution in [2.75, 3.05) is 25.0 Å². The third-order valence-corrected chi connectivity index (χ3v) is 4.62. The highest BCUT2D eigenvalue weighted by Gasteiger charge is 2.33. The van der Waals surface area contributed by atoms with Gasteiger partial charge in [0.25, 0.3) is 0 Å². The number of nitrogens with zero attached hydrogens (tertiary/aromatic N) is 7. The molecule has 162 valence electrons. The van der Waals surface area contributed by atoms with Crippen LogP contribution in [0.1, 0.15) is 16.8 Å². The Morgan fingerprint density at radius 1 is 1.23 bits per heavy atom. The first-order valence-corrected chi connectivity index (χ1v) is 9.52. The van der Waals surface area contributed by atoms with Gasteiger partial charge in [0.2, 0.25) is 22.8 Å². The van der Waals surface area contributed by atoms with Gasteiger partial charge in [0, 0.05) is 25.5 Å². The number of aromatic nitrogens is 6. The number of aliphatic carboxylic acids is 2. The number of hydrogen-bond donors (Lipinski definition) is 3. The van der Waals surface area contributed by atoms with Gasteiger partial charge in [-0.05, 0) is 6.92 Å². The number of carbonyl (C=O) groups excluding carboxylic acids is 1. The number of carbonyl (C=O) groups is 3. The molecular weight excluding hydrogens is 432 g/mol. The molecule has 0 radical (unpaired) electrons. The largest absolute Gasteiger partial charge is 0.473 e. The summed E-state index contributed by atoms with van der Waals surface area (Å²) in [6, 6.07) is 0. The molecule has 0 aliphatic carbocycles. The second-order valence-corrected chi connectivity index (χ2v) is 7.40. The molecule has 14 nitrogen and oxygen atoms in total. The standard InChI is InChI=1S/C14H14N8O2S.C2H2O4/c1-8-19-20-14(25-8)17-11(23)7-22-5-9(6-22)13-18-12(21-24-13)10-4-15-2-3-16-10;3-1(4)2(5)6/h2-4,9H,5-7H2,1H3,(H,17,20,23);(H,3,4)(H,5,6). The molecule has 4 rings (SSSR count). The van der Waals surface area contributed by atoms with Gasteiger partial charge >= 0.3 is 11.9 Å². The fraction of sp³-hybridized carbons (Fsp3) is 0.312. The average Bonchev–Trinajstić information content (AvgIpc) is 3.34. The lowest BCUT2D eigenvalue weighted by Gasteiger charge is -2.36. The molecule has 4 heterocycles. The van der Waals surface area contributed by atoms with E-state index < -0.39 is 11.9 Å². The molecule has 3 N–H and O–H groups in total. The molecule has 3 aromatic heterocycles. The Labute approximate surface area is 178 Å². The smallest absolute Gasteiger partial charge is 0.414 e. The van der Waals surface area contributed by atoms with Crippen molar-refractivity contribution in [3.63, 3.8) is 0 Å². The van der Waals surface area contributed by atoms with Gasteiger partial charge in [0.05, 0.1) is 18.7 Å². The highest BCUT2D eigenvalue weighted by atomic mass is 32.1. The Hall–Kier alpha value is -3.85. The predicted octanol–water partition coefficient (Wildman–Crippen LogP) is -0.120. The topological polar surface area (TPSA) is 197 Å². The van der Waals surface area contributed by atoms with Crippen molar-refractivity contribution in [2.45, 2.75) is 12.8 Å². The van der Waals surface area contributed by atoms with Crippen LogP contribution >= 0.6 is 11.3 Å². The maximum atomic E-state index is 12.0. The summed E-state index contributed by atoms with van der Waals surface area (Å²) < 4.78 is 5.30. The van der Waals surface area contributed by atoms with E-state index in [0.29, 0.717) is 42.2 Å². The van der Waals surface area contributed by atoms with E-state index >= 15 is 0 Å². The molecule has 1 aliphatic heterocycles. The highest BCUT2D eigenvalue weighted by molar-refractivity contribution is 7.15. The molecule has 0 unspecified atom stereocenters. The summed E-state index contributed by atoms with van der Waals surface area (Å²) in [5, 5.41) is 30.5. The number of hydrogen-bond acceptors (Lipinski definition) is 12. The molecular formula is C16H16N8O6S. The van der Waals surface area contributed by atoms with Crippen molar-refractivity contribution >= 4 is 34.3 Å². The Morgan fingerprint density at radius 2 is 1.97 bits per heavy atom. The zero-order chi connectivity index (χ0) is 22.4. The number of likely N-dealkylation sites (tertiary alicyclic amines) is 1. The second kappa shape index (κ2) is 9.77. The molecule has 1 aliphatic rings. The predicted molar refractivity (Wildman–Crippen MR) is 103 cm³/mol. The van der Waals surface area contributed by atoms with Crippen LogP contribution in [-0.2, 0) is 14.4 Å². The number of rotatable bonds is 5. The molecule has 1 saturated heterocycles. The first kappa shape index (κ1) is 21.8. The van der Waals surface area contributed by atoms with E-state index in [2.05, 4.69) is 35.6 Å². The van der Waals surface area contributed by atoms with Gasteiger partial charge in [-0.1, -0.05) is 16.5 Å². The summed E-state index contributed by atoms with van der Waals surface area (Å²) in [4.78, 5) is 44.7. The Kier molecular flexibility index (Phi) is 6.88. The molecule has 31 heavy (non-hydrogen) atoms. The normalized spacial score (nSPS) is 13.6. The van der Waals surface area contributed by atoms with Crippen molar-refractivity contribution in [1.29, 1.82) is 0 Å². The lowest BCUT2D eigenvalue weighted by molar-refractivity contribution is -0.159. The van der Waals surface area contributed by atoms with Crippen LogP contribution in [-0.4, -0.2) is 82.9 Å². The van der Waals surface area contributed by atoms with Gasteiger partial charge in [-0.25, -0.2) is 14.6 Å². The van der Waals surface area contributed by atoms with Gasteiger partial charge in [0.1, 0.15) is 10.7 Å². The maximum Gasteiger partial charge on any atom is 0.414 e. The number of carboxylic acids is 2. The van der Waals surface area contributed by atoms with E-state index in [9.17, 15) is 4.79 Å². The highest BCUT2D eigenvalue weighted by Crippen LogP contribution is 2.27. The van der Waals surface area contributed by atoms with E-state index in [4.69, 9.17) is 24.3 Å². The number of anilines is 1. The van der Waals surface area contributed by atoms with Crippen LogP contribution in [0.3, 0.4) is 0 Å². The lowest BCUT2D eigenvalue weighted by atomic mass is 10.0. The minimum atomic E-state index is -1.82. The summed E-state index contributed by atoms with van der Waals surface area (Å²) in [5.41, 5.74) is 0.570. The third-order valence-electron chi connectivity index (χ3n) is 3.86. The summed E-state index contributed by atoms with van der Waals surface area (Å²) in [6.45, 7) is 3.50. The van der Waals surface area contributed by atoms with Crippen molar-refractivity contribution < 1.29 is 29.1 Å². The van der Waals surface area contributed by atoms with E-state index in [-0.39, 0.29) is 11.8 Å². The monoisotopic (exact) mass is 448 g/mol. The molecule has 0 atom stereocenters. The van der Waals surface area contributed by atoms with Crippen LogP contribution in [0.5, 0.6) is 0 Å². The number of nitrogens with one attached hydrogen (secondary N) is 1. The maximum absolute atomic E-state index is 12.0. The summed E-state index contributed by atoms with van der Waals surface area (Å²) in [5.74, 6) is -2.66. The van der Waals surface area contributed by atoms with Crippen molar-refractivity contribution in [3.8, 4) is 11.5 Å². The van der Waals surface area contributed by atoms with Crippen LogP contribution in [0.4, 0.5) is 5.13 Å². The molecule has 1 fully saturated rings. The average molecular weight is 448 g/mol. The Bertz CT molecular complexity index is 1050. The number of aryl methyl sites for hydroxylation is 1. The summed E-state index contributed by atoms with van der Waals surface area (Å²) in [7, 11) is 0. The molecule has 1 amide bonds. The molecule has 15 heteroatoms. The van der Waals surface area contributed by atoms with Gasteiger partial charge in [0.15, 0.2) is 0 Å². The number of amides is 1. The second-order valence-electron chi connectivity index (χ2n) is 6.22. The van der Waals surface area contributed by atoms with E-state index in [1.54, 1.807) is 18.6 Å². The van der Waals surface area contributed by atoms with Crippen molar-refractivity contribution in [1.82, 2.24) is 35.2 Å². The SMILES string of the molecule is Cc1nnc(NC(=O)CN2CC(c3nc(-c4cnccn4)no3)C2)s1.O=C(O)C(=O)O. The Morgan fingerprint density at radius 3 is 2.55 bits per heavy atom. The van der Waals surface area contributed by atoms with Crippen LogP contribution in [0.25, 0.3) is 11.5 Å². The zero-order valence-corrected chi connectivity index (χ0v) is 16.8. The quantitative estimate of drug-likeness (QED) is 0.437. The number of carboxylic acid groups (broad SMARTS) is 2. The fourth-order valence-electron chi connectivity index (χ4n) is 2.48. The molecule has 0 saturated carbocycles. The van der Waals surface area contributed by atoms with Gasteiger partial charge in [-0.3, -0.25) is 20.0 Å². The van der Waals surface area contributed by atoms with E-state index in [1.807, 2.05) is 11.8 Å². The first-order valence-electron chi connectivity index (χ1n) is 8.70. The van der Waals surface area contributed by atoms with Crippen molar-refractivity contribution in [3.05, 3.63) is 29.5 Å². The third kappa shape index (κ3) is 6.06. The van der Waals surface area contributed by atoms with Crippen LogP contribution < -0.4 is 5.32 Å². The van der Waals surface area contributed by atoms with Crippen LogP contribution in [0.2, 0.25) is 0 Å². The van der Waals surface area contributed by atoms with Gasteiger partial charge in [-0.2, -0.15) is 4.98 Å². The van der Waals surface area contributed by atoms with Gasteiger partial charge < -0.3 is 14.7 Å². The lowest BCUT2D eigenvalue weighted by Crippen LogP contribution is -2.48. The minimum Gasteiger partial charge on any atom is -0.473 e. The molecule has 0 aromatic carbocycles. The summed E-state index contributed by atoms with van der Waals surface area (Å²) in [6.07, 6.45) is 4.75. The molecule has 3 aromatic rings.